The second kappa shape index (κ2) is 9.65. The summed E-state index contributed by atoms with van der Waals surface area (Å²) >= 11 is 1.47. The smallest absolute Gasteiger partial charge is 0.318 e. The Hall–Kier alpha value is -2.99. The molecule has 0 radical (unpaired) electrons. The van der Waals surface area contributed by atoms with E-state index in [0.717, 1.165) is 46.7 Å². The lowest BCUT2D eigenvalue weighted by Gasteiger charge is -2.12. The maximum Gasteiger partial charge on any atom is 0.416 e. The summed E-state index contributed by atoms with van der Waals surface area (Å²) in [5, 5.41) is 0.807. The van der Waals surface area contributed by atoms with Crippen LogP contribution in [0.15, 0.2) is 90.1 Å². The monoisotopic (exact) mass is 452 g/mol. The topological polar surface area (TPSA) is 17.8 Å². The van der Waals surface area contributed by atoms with Crippen molar-refractivity contribution < 1.29 is 13.2 Å². The van der Waals surface area contributed by atoms with Crippen LogP contribution < -0.4 is 0 Å². The molecule has 4 aromatic rings. The van der Waals surface area contributed by atoms with Crippen LogP contribution in [0.2, 0.25) is 0 Å². The standard InChI is InChI=1S/C26H23F3N2S/c1-2-16-31-24(21-13-7-4-8-14-21)23(20-11-5-3-6-12-20)30-25(31)32-18-19-10-9-15-22(17-19)26(27,28)29/h3-15,17H,2,16,18H2,1H3. The van der Waals surface area contributed by atoms with Gasteiger partial charge in [0.1, 0.15) is 0 Å². The molecule has 0 atom stereocenters. The van der Waals surface area contributed by atoms with Crippen LogP contribution >= 0.6 is 11.8 Å². The minimum atomic E-state index is -4.34. The third-order valence-corrected chi connectivity index (χ3v) is 6.14. The summed E-state index contributed by atoms with van der Waals surface area (Å²) in [4.78, 5) is 4.97. The number of halogens is 3. The lowest BCUT2D eigenvalue weighted by Crippen LogP contribution is -2.05. The lowest BCUT2D eigenvalue weighted by atomic mass is 10.0. The van der Waals surface area contributed by atoms with Gasteiger partial charge < -0.3 is 4.57 Å². The Balaban J connectivity index is 1.75. The van der Waals surface area contributed by atoms with E-state index in [1.807, 2.05) is 48.5 Å². The molecule has 0 aliphatic rings. The highest BCUT2D eigenvalue weighted by Gasteiger charge is 2.30. The molecule has 0 spiro atoms. The molecule has 6 heteroatoms. The number of hydrogen-bond donors (Lipinski definition) is 0. The number of hydrogen-bond acceptors (Lipinski definition) is 2. The van der Waals surface area contributed by atoms with Crippen molar-refractivity contribution in [3.63, 3.8) is 0 Å². The van der Waals surface area contributed by atoms with Gasteiger partial charge in [-0.05, 0) is 18.1 Å². The zero-order chi connectivity index (χ0) is 22.6. The van der Waals surface area contributed by atoms with Crippen LogP contribution in [-0.2, 0) is 18.5 Å². The Kier molecular flexibility index (Phi) is 6.70. The van der Waals surface area contributed by atoms with Crippen molar-refractivity contribution in [2.75, 3.05) is 0 Å². The minimum absolute atomic E-state index is 0.410. The zero-order valence-corrected chi connectivity index (χ0v) is 18.5. The predicted molar refractivity (Wildman–Crippen MR) is 124 cm³/mol. The predicted octanol–water partition coefficient (Wildman–Crippen LogP) is 7.94. The molecule has 0 aliphatic carbocycles. The van der Waals surface area contributed by atoms with Gasteiger partial charge in [0.05, 0.1) is 17.0 Å². The number of thioether (sulfide) groups is 1. The van der Waals surface area contributed by atoms with Gasteiger partial charge in [-0.1, -0.05) is 97.5 Å². The molecular formula is C26H23F3N2S. The van der Waals surface area contributed by atoms with E-state index in [-0.39, 0.29) is 0 Å². The highest BCUT2D eigenvalue weighted by atomic mass is 32.2. The fraction of sp³-hybridized carbons (Fsp3) is 0.192. The maximum absolute atomic E-state index is 13.1. The average molecular weight is 453 g/mol. The molecule has 0 amide bonds. The van der Waals surface area contributed by atoms with Crippen molar-refractivity contribution in [1.29, 1.82) is 0 Å². The average Bonchev–Trinajstić information content (AvgIpc) is 3.17. The Morgan fingerprint density at radius 1 is 0.844 bits per heavy atom. The van der Waals surface area contributed by atoms with Crippen molar-refractivity contribution in [2.45, 2.75) is 37.0 Å². The van der Waals surface area contributed by atoms with Gasteiger partial charge in [-0.15, -0.1) is 0 Å². The van der Waals surface area contributed by atoms with Crippen LogP contribution in [-0.4, -0.2) is 9.55 Å². The fourth-order valence-electron chi connectivity index (χ4n) is 3.64. The Labute approximate surface area is 190 Å². The normalized spacial score (nSPS) is 11.6. The van der Waals surface area contributed by atoms with E-state index in [1.54, 1.807) is 6.07 Å². The largest absolute Gasteiger partial charge is 0.416 e. The van der Waals surface area contributed by atoms with E-state index in [9.17, 15) is 13.2 Å². The third-order valence-electron chi connectivity index (χ3n) is 5.10. The number of benzene rings is 3. The first-order valence-electron chi connectivity index (χ1n) is 10.5. The molecule has 0 saturated carbocycles. The van der Waals surface area contributed by atoms with Gasteiger partial charge in [0.25, 0.3) is 0 Å². The van der Waals surface area contributed by atoms with Crippen molar-refractivity contribution in [1.82, 2.24) is 9.55 Å². The number of alkyl halides is 3. The number of nitrogens with zero attached hydrogens (tertiary/aromatic N) is 2. The van der Waals surface area contributed by atoms with Gasteiger partial charge in [-0.3, -0.25) is 0 Å². The summed E-state index contributed by atoms with van der Waals surface area (Å²) in [6.07, 6.45) is -3.43. The van der Waals surface area contributed by atoms with Gasteiger partial charge in [-0.25, -0.2) is 4.98 Å². The van der Waals surface area contributed by atoms with Crippen molar-refractivity contribution >= 4 is 11.8 Å². The van der Waals surface area contributed by atoms with Crippen LogP contribution in [0, 0.1) is 0 Å². The zero-order valence-electron chi connectivity index (χ0n) is 17.6. The van der Waals surface area contributed by atoms with Crippen LogP contribution in [0.5, 0.6) is 0 Å². The van der Waals surface area contributed by atoms with Crippen LogP contribution in [0.3, 0.4) is 0 Å². The van der Waals surface area contributed by atoms with Crippen molar-refractivity contribution in [3.8, 4) is 22.5 Å². The van der Waals surface area contributed by atoms with E-state index in [1.165, 1.54) is 23.9 Å². The molecule has 0 bridgehead atoms. The number of imidazole rings is 1. The van der Waals surface area contributed by atoms with Gasteiger partial charge >= 0.3 is 6.18 Å². The SMILES string of the molecule is CCCn1c(SCc2cccc(C(F)(F)F)c2)nc(-c2ccccc2)c1-c1ccccc1. The summed E-state index contributed by atoms with van der Waals surface area (Å²) in [6, 6.07) is 25.6. The van der Waals surface area contributed by atoms with E-state index in [2.05, 4.69) is 23.6 Å². The van der Waals surface area contributed by atoms with Crippen LogP contribution in [0.4, 0.5) is 13.2 Å². The molecule has 1 heterocycles. The maximum atomic E-state index is 13.1. The second-order valence-corrected chi connectivity index (χ2v) is 8.40. The van der Waals surface area contributed by atoms with Crippen molar-refractivity contribution in [2.24, 2.45) is 0 Å². The second-order valence-electron chi connectivity index (χ2n) is 7.46. The third kappa shape index (κ3) is 4.91. The molecule has 164 valence electrons. The molecule has 4 rings (SSSR count). The minimum Gasteiger partial charge on any atom is -0.318 e. The number of rotatable bonds is 7. The Morgan fingerprint density at radius 2 is 1.50 bits per heavy atom. The fourth-order valence-corrected chi connectivity index (χ4v) is 4.61. The molecule has 2 nitrogen and oxygen atoms in total. The lowest BCUT2D eigenvalue weighted by molar-refractivity contribution is -0.137. The van der Waals surface area contributed by atoms with E-state index >= 15 is 0 Å². The molecule has 1 aromatic heterocycles. The molecule has 0 aliphatic heterocycles. The number of aromatic nitrogens is 2. The highest BCUT2D eigenvalue weighted by Crippen LogP contribution is 2.37. The van der Waals surface area contributed by atoms with Crippen LogP contribution in [0.1, 0.15) is 24.5 Å². The molecule has 3 aromatic carbocycles. The highest BCUT2D eigenvalue weighted by molar-refractivity contribution is 7.98. The summed E-state index contributed by atoms with van der Waals surface area (Å²) in [5.41, 5.74) is 4.00. The van der Waals surface area contributed by atoms with E-state index in [4.69, 9.17) is 4.98 Å². The summed E-state index contributed by atoms with van der Waals surface area (Å²) in [6.45, 7) is 2.88. The molecule has 0 N–H and O–H groups in total. The molecule has 32 heavy (non-hydrogen) atoms. The first kappa shape index (κ1) is 22.2. The Morgan fingerprint density at radius 3 is 2.12 bits per heavy atom. The summed E-state index contributed by atoms with van der Waals surface area (Å²) < 4.78 is 41.5. The quantitative estimate of drug-likeness (QED) is 0.265. The first-order valence-corrected chi connectivity index (χ1v) is 11.5. The first-order chi connectivity index (χ1) is 15.5. The van der Waals surface area contributed by atoms with E-state index < -0.39 is 11.7 Å². The van der Waals surface area contributed by atoms with Gasteiger partial charge in [0.15, 0.2) is 5.16 Å². The summed E-state index contributed by atoms with van der Waals surface area (Å²) in [7, 11) is 0. The van der Waals surface area contributed by atoms with Gasteiger partial charge in [0.2, 0.25) is 0 Å². The molecular weight excluding hydrogens is 429 g/mol. The van der Waals surface area contributed by atoms with Crippen molar-refractivity contribution in [3.05, 3.63) is 96.1 Å². The van der Waals surface area contributed by atoms with E-state index in [0.29, 0.717) is 11.3 Å². The van der Waals surface area contributed by atoms with Gasteiger partial charge in [0, 0.05) is 23.4 Å². The Bertz CT molecular complexity index is 1170. The van der Waals surface area contributed by atoms with Gasteiger partial charge in [-0.2, -0.15) is 13.2 Å². The molecule has 0 fully saturated rings. The molecule has 0 saturated heterocycles. The summed E-state index contributed by atoms with van der Waals surface area (Å²) in [5.74, 6) is 0.410. The van der Waals surface area contributed by atoms with Crippen LogP contribution in [0.25, 0.3) is 22.5 Å². The molecule has 0 unspecified atom stereocenters.